The number of aliphatic hydroxyl groups excluding tert-OH is 1. The molecule has 0 heterocycles. The van der Waals surface area contributed by atoms with Crippen LogP contribution in [0.15, 0.2) is 49.1 Å². The maximum absolute atomic E-state index is 9.51. The van der Waals surface area contributed by atoms with Crippen molar-refractivity contribution < 1.29 is 5.11 Å². The first kappa shape index (κ1) is 10.9. The molecule has 2 rings (SSSR count). The predicted octanol–water partition coefficient (Wildman–Crippen LogP) is 3.62. The van der Waals surface area contributed by atoms with Crippen LogP contribution in [0.4, 0.5) is 0 Å². The van der Waals surface area contributed by atoms with Crippen LogP contribution in [0.25, 0.3) is 10.8 Å². The molecule has 0 fully saturated rings. The molecule has 0 aliphatic rings. The highest BCUT2D eigenvalue weighted by Gasteiger charge is 2.02. The Labute approximate surface area is 96.0 Å². The molecular weight excluding hydrogens is 196 g/mol. The van der Waals surface area contributed by atoms with Gasteiger partial charge in [0.15, 0.2) is 0 Å². The van der Waals surface area contributed by atoms with Crippen molar-refractivity contribution in [2.75, 3.05) is 0 Å². The summed E-state index contributed by atoms with van der Waals surface area (Å²) in [6.45, 7) is 5.53. The van der Waals surface area contributed by atoms with Gasteiger partial charge in [-0.15, -0.1) is 6.58 Å². The lowest BCUT2D eigenvalue weighted by Gasteiger charge is -2.07. The quantitative estimate of drug-likeness (QED) is 0.770. The zero-order valence-corrected chi connectivity index (χ0v) is 9.48. The van der Waals surface area contributed by atoms with Gasteiger partial charge in [0.1, 0.15) is 0 Å². The summed E-state index contributed by atoms with van der Waals surface area (Å²) >= 11 is 0. The van der Waals surface area contributed by atoms with Gasteiger partial charge in [0.05, 0.1) is 6.10 Å². The lowest BCUT2D eigenvalue weighted by Crippen LogP contribution is -1.90. The highest BCUT2D eigenvalue weighted by molar-refractivity contribution is 5.84. The molecule has 0 saturated carbocycles. The van der Waals surface area contributed by atoms with Crippen molar-refractivity contribution >= 4 is 10.8 Å². The van der Waals surface area contributed by atoms with Crippen LogP contribution in [0.2, 0.25) is 0 Å². The fourth-order valence-corrected chi connectivity index (χ4v) is 1.87. The van der Waals surface area contributed by atoms with E-state index >= 15 is 0 Å². The van der Waals surface area contributed by atoms with Crippen LogP contribution in [-0.2, 0) is 6.42 Å². The number of rotatable bonds is 3. The molecule has 2 aromatic rings. The number of hydrogen-bond donors (Lipinski definition) is 1. The Morgan fingerprint density at radius 3 is 2.56 bits per heavy atom. The van der Waals surface area contributed by atoms with E-state index in [1.165, 1.54) is 16.3 Å². The maximum Gasteiger partial charge on any atom is 0.0762 e. The van der Waals surface area contributed by atoms with Crippen molar-refractivity contribution in [2.45, 2.75) is 19.4 Å². The van der Waals surface area contributed by atoms with Crippen LogP contribution in [0.5, 0.6) is 0 Å². The Kier molecular flexibility index (Phi) is 3.07. The third-order valence-electron chi connectivity index (χ3n) is 2.79. The fourth-order valence-electron chi connectivity index (χ4n) is 1.87. The Balaban J connectivity index is 2.48. The van der Waals surface area contributed by atoms with Gasteiger partial charge in [-0.25, -0.2) is 0 Å². The monoisotopic (exact) mass is 212 g/mol. The zero-order chi connectivity index (χ0) is 11.5. The van der Waals surface area contributed by atoms with Gasteiger partial charge >= 0.3 is 0 Å². The lowest BCUT2D eigenvalue weighted by molar-refractivity contribution is 0.199. The minimum absolute atomic E-state index is 0.405. The summed E-state index contributed by atoms with van der Waals surface area (Å²) in [5.41, 5.74) is 2.23. The average molecular weight is 212 g/mol. The van der Waals surface area contributed by atoms with Crippen molar-refractivity contribution in [3.05, 3.63) is 60.2 Å². The van der Waals surface area contributed by atoms with Gasteiger partial charge in [0.25, 0.3) is 0 Å². The fraction of sp³-hybridized carbons (Fsp3) is 0.200. The summed E-state index contributed by atoms with van der Waals surface area (Å²) in [5.74, 6) is 0. The second-order valence-electron chi connectivity index (χ2n) is 4.11. The highest BCUT2D eigenvalue weighted by Crippen LogP contribution is 2.21. The largest absolute Gasteiger partial charge is 0.389 e. The Hall–Kier alpha value is -1.60. The molecule has 0 aliphatic carbocycles. The summed E-state index contributed by atoms with van der Waals surface area (Å²) in [6, 6.07) is 12.4. The van der Waals surface area contributed by atoms with Crippen molar-refractivity contribution in [3.8, 4) is 0 Å². The van der Waals surface area contributed by atoms with E-state index in [0.717, 1.165) is 12.0 Å². The van der Waals surface area contributed by atoms with Crippen LogP contribution < -0.4 is 0 Å². The molecule has 16 heavy (non-hydrogen) atoms. The molecular formula is C15H16O. The number of hydrogen-bond acceptors (Lipinski definition) is 1. The number of benzene rings is 2. The third kappa shape index (κ3) is 2.15. The smallest absolute Gasteiger partial charge is 0.0762 e. The summed E-state index contributed by atoms with van der Waals surface area (Å²) in [7, 11) is 0. The number of allylic oxidation sites excluding steroid dienone is 1. The number of aliphatic hydroxyl groups is 1. The van der Waals surface area contributed by atoms with Crippen molar-refractivity contribution in [2.24, 2.45) is 0 Å². The van der Waals surface area contributed by atoms with E-state index in [4.69, 9.17) is 0 Å². The molecule has 0 aliphatic heterocycles. The van der Waals surface area contributed by atoms with Gasteiger partial charge < -0.3 is 5.11 Å². The second-order valence-corrected chi connectivity index (χ2v) is 4.11. The van der Waals surface area contributed by atoms with Crippen molar-refractivity contribution in [3.63, 3.8) is 0 Å². The topological polar surface area (TPSA) is 20.2 Å². The lowest BCUT2D eigenvalue weighted by atomic mass is 10.0. The first-order valence-electron chi connectivity index (χ1n) is 5.52. The van der Waals surface area contributed by atoms with E-state index in [-0.39, 0.29) is 0 Å². The Morgan fingerprint density at radius 1 is 1.19 bits per heavy atom. The van der Waals surface area contributed by atoms with E-state index in [9.17, 15) is 5.11 Å². The van der Waals surface area contributed by atoms with Gasteiger partial charge in [-0.3, -0.25) is 0 Å². The molecule has 0 spiro atoms. The zero-order valence-electron chi connectivity index (χ0n) is 9.48. The van der Waals surface area contributed by atoms with Gasteiger partial charge in [0.2, 0.25) is 0 Å². The molecule has 0 radical (unpaired) electrons. The minimum atomic E-state index is -0.405. The van der Waals surface area contributed by atoms with E-state index in [1.807, 2.05) is 18.2 Å². The Morgan fingerprint density at radius 2 is 1.88 bits per heavy atom. The number of fused-ring (bicyclic) bond motifs is 1. The standard InChI is InChI=1S/C15H16O/c1-3-4-12-5-6-15-10-13(11(2)16)7-8-14(15)9-12/h3,5-11,16H,1,4H2,2H3. The maximum atomic E-state index is 9.51. The van der Waals surface area contributed by atoms with Gasteiger partial charge in [0, 0.05) is 0 Å². The molecule has 1 N–H and O–H groups in total. The van der Waals surface area contributed by atoms with Crippen LogP contribution in [0.1, 0.15) is 24.2 Å². The second kappa shape index (κ2) is 4.50. The molecule has 2 aromatic carbocycles. The molecule has 1 heteroatoms. The van der Waals surface area contributed by atoms with Gasteiger partial charge in [-0.1, -0.05) is 36.4 Å². The summed E-state index contributed by atoms with van der Waals surface area (Å²) in [6.07, 6.45) is 2.40. The highest BCUT2D eigenvalue weighted by atomic mass is 16.3. The normalized spacial score (nSPS) is 12.6. The van der Waals surface area contributed by atoms with E-state index in [2.05, 4.69) is 30.8 Å². The summed E-state index contributed by atoms with van der Waals surface area (Å²) in [4.78, 5) is 0. The summed E-state index contributed by atoms with van der Waals surface area (Å²) in [5, 5.41) is 11.9. The molecule has 1 nitrogen and oxygen atoms in total. The van der Waals surface area contributed by atoms with E-state index < -0.39 is 6.10 Å². The molecule has 1 unspecified atom stereocenters. The van der Waals surface area contributed by atoms with Gasteiger partial charge in [-0.2, -0.15) is 0 Å². The third-order valence-corrected chi connectivity index (χ3v) is 2.79. The molecule has 0 amide bonds. The molecule has 1 atom stereocenters. The van der Waals surface area contributed by atoms with Gasteiger partial charge in [-0.05, 0) is 41.3 Å². The molecule has 0 bridgehead atoms. The van der Waals surface area contributed by atoms with Crippen LogP contribution >= 0.6 is 0 Å². The van der Waals surface area contributed by atoms with Crippen LogP contribution in [0, 0.1) is 0 Å². The predicted molar refractivity (Wildman–Crippen MR) is 68.5 cm³/mol. The first-order chi connectivity index (χ1) is 7.70. The average Bonchev–Trinajstić information content (AvgIpc) is 2.28. The molecule has 82 valence electrons. The van der Waals surface area contributed by atoms with E-state index in [1.54, 1.807) is 6.92 Å². The van der Waals surface area contributed by atoms with Crippen LogP contribution in [-0.4, -0.2) is 5.11 Å². The van der Waals surface area contributed by atoms with Crippen molar-refractivity contribution in [1.29, 1.82) is 0 Å². The summed E-state index contributed by atoms with van der Waals surface area (Å²) < 4.78 is 0. The van der Waals surface area contributed by atoms with Crippen molar-refractivity contribution in [1.82, 2.24) is 0 Å². The molecule has 0 saturated heterocycles. The minimum Gasteiger partial charge on any atom is -0.389 e. The molecule has 0 aromatic heterocycles. The SMILES string of the molecule is C=CCc1ccc2cc(C(C)O)ccc2c1. The van der Waals surface area contributed by atoms with E-state index in [0.29, 0.717) is 0 Å². The first-order valence-corrected chi connectivity index (χ1v) is 5.52. The Bertz CT molecular complexity index is 512. The van der Waals surface area contributed by atoms with Crippen LogP contribution in [0.3, 0.4) is 0 Å².